The minimum absolute atomic E-state index is 0.000163. The van der Waals surface area contributed by atoms with Crippen molar-refractivity contribution in [1.82, 2.24) is 20.3 Å². The summed E-state index contributed by atoms with van der Waals surface area (Å²) in [7, 11) is 0. The number of nitrogens with two attached hydrogens (primary N) is 1. The van der Waals surface area contributed by atoms with Gasteiger partial charge in [0.15, 0.2) is 11.5 Å². The van der Waals surface area contributed by atoms with E-state index in [4.69, 9.17) is 10.2 Å². The van der Waals surface area contributed by atoms with Crippen LogP contribution in [0.1, 0.15) is 40.5 Å². The number of aromatic amines is 1. The van der Waals surface area contributed by atoms with Gasteiger partial charge in [-0.25, -0.2) is 9.97 Å². The summed E-state index contributed by atoms with van der Waals surface area (Å²) in [6, 6.07) is 8.21. The zero-order chi connectivity index (χ0) is 16.5. The summed E-state index contributed by atoms with van der Waals surface area (Å²) in [4.78, 5) is 23.4. The van der Waals surface area contributed by atoms with Crippen LogP contribution in [-0.4, -0.2) is 20.9 Å². The Labute approximate surface area is 138 Å². The van der Waals surface area contributed by atoms with Crippen LogP contribution in [0.15, 0.2) is 41.3 Å². The first-order valence-electron chi connectivity index (χ1n) is 7.86. The number of rotatable bonds is 3. The minimum atomic E-state index is -0.259. The number of amides is 1. The first-order valence-corrected chi connectivity index (χ1v) is 7.86. The predicted octanol–water partition coefficient (Wildman–Crippen LogP) is 2.45. The van der Waals surface area contributed by atoms with E-state index in [1.165, 1.54) is 23.7 Å². The van der Waals surface area contributed by atoms with Gasteiger partial charge in [0.05, 0.1) is 12.4 Å². The summed E-state index contributed by atoms with van der Waals surface area (Å²) < 4.78 is 5.35. The normalized spacial score (nSPS) is 16.6. The zero-order valence-corrected chi connectivity index (χ0v) is 13.0. The number of nitrogen functional groups attached to an aromatic ring is 1. The number of imidazole rings is 1. The van der Waals surface area contributed by atoms with Crippen LogP contribution in [0.2, 0.25) is 0 Å². The molecule has 0 saturated heterocycles. The molecule has 1 amide bonds. The molecule has 1 aromatic carbocycles. The van der Waals surface area contributed by atoms with Crippen molar-refractivity contribution in [3.8, 4) is 11.6 Å². The molecule has 0 fully saturated rings. The lowest BCUT2D eigenvalue weighted by molar-refractivity contribution is 0.0927. The fraction of sp³-hybridized carbons (Fsp3) is 0.235. The van der Waals surface area contributed by atoms with Crippen molar-refractivity contribution in [2.24, 2.45) is 0 Å². The van der Waals surface area contributed by atoms with Gasteiger partial charge < -0.3 is 20.5 Å². The highest BCUT2D eigenvalue weighted by atomic mass is 16.3. The van der Waals surface area contributed by atoms with Crippen LogP contribution in [0.25, 0.3) is 11.6 Å². The van der Waals surface area contributed by atoms with Crippen molar-refractivity contribution in [3.63, 3.8) is 0 Å². The number of carbonyl (C=O) groups is 1. The third-order valence-corrected chi connectivity index (χ3v) is 4.29. The van der Waals surface area contributed by atoms with Crippen LogP contribution >= 0.6 is 0 Å². The van der Waals surface area contributed by atoms with E-state index in [-0.39, 0.29) is 29.4 Å². The number of carbonyl (C=O) groups excluding carboxylic acids is 1. The number of oxazole rings is 1. The number of nitrogens with one attached hydrogen (secondary N) is 2. The maximum absolute atomic E-state index is 12.5. The van der Waals surface area contributed by atoms with Crippen molar-refractivity contribution in [2.45, 2.75) is 25.3 Å². The molecular formula is C17H17N5O2. The smallest absolute Gasteiger partial charge is 0.273 e. The van der Waals surface area contributed by atoms with Gasteiger partial charge in [-0.1, -0.05) is 24.3 Å². The number of aryl methyl sites for hydroxylation is 1. The first kappa shape index (κ1) is 14.5. The van der Waals surface area contributed by atoms with E-state index in [1.807, 2.05) is 12.1 Å². The lowest BCUT2D eigenvalue weighted by Gasteiger charge is -2.25. The average Bonchev–Trinajstić information content (AvgIpc) is 3.24. The van der Waals surface area contributed by atoms with Gasteiger partial charge >= 0.3 is 0 Å². The van der Waals surface area contributed by atoms with E-state index in [2.05, 4.69) is 32.4 Å². The Morgan fingerprint density at radius 1 is 1.38 bits per heavy atom. The molecule has 24 heavy (non-hydrogen) atoms. The number of nitrogens with zero attached hydrogens (tertiary/aromatic N) is 2. The van der Waals surface area contributed by atoms with Gasteiger partial charge in [-0.2, -0.15) is 0 Å². The first-order chi connectivity index (χ1) is 11.7. The molecule has 1 unspecified atom stereocenters. The second-order valence-electron chi connectivity index (χ2n) is 5.82. The summed E-state index contributed by atoms with van der Waals surface area (Å²) >= 11 is 0. The molecule has 7 nitrogen and oxygen atoms in total. The molecule has 2 aromatic heterocycles. The second kappa shape index (κ2) is 5.84. The monoisotopic (exact) mass is 323 g/mol. The second-order valence-corrected chi connectivity index (χ2v) is 5.82. The lowest BCUT2D eigenvalue weighted by Crippen LogP contribution is -2.31. The number of anilines is 1. The molecule has 0 spiro atoms. The van der Waals surface area contributed by atoms with E-state index >= 15 is 0 Å². The summed E-state index contributed by atoms with van der Waals surface area (Å²) in [5.41, 5.74) is 8.88. The third kappa shape index (κ3) is 2.54. The van der Waals surface area contributed by atoms with Crippen LogP contribution in [0.3, 0.4) is 0 Å². The van der Waals surface area contributed by atoms with Gasteiger partial charge in [-0.05, 0) is 30.4 Å². The SMILES string of the molecule is Nc1nc[nH]c1-c1nc(C(=O)NC2CCCc3ccccc32)co1. The zero-order valence-electron chi connectivity index (χ0n) is 13.0. The Kier molecular flexibility index (Phi) is 3.53. The molecular weight excluding hydrogens is 306 g/mol. The molecule has 0 saturated carbocycles. The van der Waals surface area contributed by atoms with Crippen LogP contribution in [0.4, 0.5) is 5.82 Å². The average molecular weight is 323 g/mol. The molecule has 4 rings (SSSR count). The highest BCUT2D eigenvalue weighted by Gasteiger charge is 2.23. The van der Waals surface area contributed by atoms with Gasteiger partial charge in [0.1, 0.15) is 12.0 Å². The molecule has 7 heteroatoms. The van der Waals surface area contributed by atoms with E-state index in [9.17, 15) is 4.79 Å². The van der Waals surface area contributed by atoms with Gasteiger partial charge in [0, 0.05) is 0 Å². The van der Waals surface area contributed by atoms with Crippen molar-refractivity contribution >= 4 is 11.7 Å². The number of H-pyrrole nitrogens is 1. The van der Waals surface area contributed by atoms with Gasteiger partial charge in [-0.15, -0.1) is 0 Å². The van der Waals surface area contributed by atoms with Gasteiger partial charge in [0.2, 0.25) is 5.89 Å². The van der Waals surface area contributed by atoms with Crippen LogP contribution < -0.4 is 11.1 Å². The topological polar surface area (TPSA) is 110 Å². The summed E-state index contributed by atoms with van der Waals surface area (Å²) in [5, 5.41) is 3.05. The largest absolute Gasteiger partial charge is 0.442 e. The predicted molar refractivity (Wildman–Crippen MR) is 88.1 cm³/mol. The Morgan fingerprint density at radius 3 is 3.08 bits per heavy atom. The van der Waals surface area contributed by atoms with E-state index in [0.717, 1.165) is 19.3 Å². The molecule has 1 aliphatic rings. The van der Waals surface area contributed by atoms with Gasteiger partial charge in [0.25, 0.3) is 5.91 Å². The summed E-state index contributed by atoms with van der Waals surface area (Å²) in [6.07, 6.45) is 5.81. The van der Waals surface area contributed by atoms with E-state index in [0.29, 0.717) is 5.69 Å². The molecule has 122 valence electrons. The molecule has 2 heterocycles. The van der Waals surface area contributed by atoms with Crippen LogP contribution in [-0.2, 0) is 6.42 Å². The van der Waals surface area contributed by atoms with Crippen molar-refractivity contribution in [1.29, 1.82) is 0 Å². The Morgan fingerprint density at radius 2 is 2.25 bits per heavy atom. The standard InChI is InChI=1S/C17H17N5O2/c18-15-14(19-9-20-15)17-22-13(8-24-17)16(23)21-12-7-3-5-10-4-1-2-6-11(10)12/h1-2,4,6,8-9,12H,3,5,7,18H2,(H,19,20)(H,21,23). The highest BCUT2D eigenvalue weighted by Crippen LogP contribution is 2.29. The summed E-state index contributed by atoms with van der Waals surface area (Å²) in [6.45, 7) is 0. The van der Waals surface area contributed by atoms with Crippen molar-refractivity contribution < 1.29 is 9.21 Å². The third-order valence-electron chi connectivity index (χ3n) is 4.29. The maximum atomic E-state index is 12.5. The van der Waals surface area contributed by atoms with Crippen molar-refractivity contribution in [3.05, 3.63) is 53.7 Å². The molecule has 0 radical (unpaired) electrons. The molecule has 0 aliphatic heterocycles. The molecule has 1 aliphatic carbocycles. The molecule has 1 atom stereocenters. The quantitative estimate of drug-likeness (QED) is 0.686. The molecule has 0 bridgehead atoms. The van der Waals surface area contributed by atoms with Crippen LogP contribution in [0.5, 0.6) is 0 Å². The van der Waals surface area contributed by atoms with E-state index < -0.39 is 0 Å². The minimum Gasteiger partial charge on any atom is -0.442 e. The van der Waals surface area contributed by atoms with Crippen LogP contribution in [0, 0.1) is 0 Å². The van der Waals surface area contributed by atoms with Gasteiger partial charge in [-0.3, -0.25) is 4.79 Å². The Bertz CT molecular complexity index is 883. The molecule has 3 aromatic rings. The highest BCUT2D eigenvalue weighted by molar-refractivity contribution is 5.92. The lowest BCUT2D eigenvalue weighted by atomic mass is 9.88. The number of aromatic nitrogens is 3. The fourth-order valence-electron chi connectivity index (χ4n) is 3.11. The van der Waals surface area contributed by atoms with Crippen molar-refractivity contribution in [2.75, 3.05) is 5.73 Å². The number of fused-ring (bicyclic) bond motifs is 1. The maximum Gasteiger partial charge on any atom is 0.273 e. The molecule has 4 N–H and O–H groups in total. The number of hydrogen-bond acceptors (Lipinski definition) is 5. The van der Waals surface area contributed by atoms with E-state index in [1.54, 1.807) is 0 Å². The summed E-state index contributed by atoms with van der Waals surface area (Å²) in [5.74, 6) is 0.272. The Balaban J connectivity index is 1.54. The number of hydrogen-bond donors (Lipinski definition) is 3. The number of benzene rings is 1. The fourth-order valence-corrected chi connectivity index (χ4v) is 3.11. The Hall–Kier alpha value is -3.09.